The van der Waals surface area contributed by atoms with Gasteiger partial charge in [0, 0.05) is 11.6 Å². The molecule has 0 aliphatic rings. The van der Waals surface area contributed by atoms with Crippen LogP contribution in [0, 0.1) is 62.3 Å². The Bertz CT molecular complexity index is 2590. The van der Waals surface area contributed by atoms with E-state index in [-0.39, 0.29) is 14.9 Å². The molecule has 67 heavy (non-hydrogen) atoms. The molecule has 0 aliphatic carbocycles. The van der Waals surface area contributed by atoms with Gasteiger partial charge in [-0.3, -0.25) is 4.98 Å². The minimum Gasteiger partial charge on any atom is -0.256 e. The summed E-state index contributed by atoms with van der Waals surface area (Å²) in [4.78, 5) is 4.24. The predicted molar refractivity (Wildman–Crippen MR) is 299 cm³/mol. The number of rotatable bonds is 1. The lowest BCUT2D eigenvalue weighted by molar-refractivity contribution is 1.39. The first-order valence-electron chi connectivity index (χ1n) is 22.4. The highest BCUT2D eigenvalue weighted by atomic mass is 14.6. The minimum atomic E-state index is 0. The van der Waals surface area contributed by atoms with Crippen LogP contribution in [0.4, 0.5) is 0 Å². The maximum atomic E-state index is 4.24. The fourth-order valence-corrected chi connectivity index (χ4v) is 6.20. The maximum Gasteiger partial charge on any atom is 0.0704 e. The van der Waals surface area contributed by atoms with Gasteiger partial charge < -0.3 is 0 Å². The molecular formula is C66H75N. The smallest absolute Gasteiger partial charge is 0.0704 e. The van der Waals surface area contributed by atoms with Crippen molar-refractivity contribution in [2.75, 3.05) is 0 Å². The monoisotopic (exact) mass is 882 g/mol. The fraction of sp³-hybridized carbons (Fsp3) is 0.167. The lowest BCUT2D eigenvalue weighted by atomic mass is 10.0. The van der Waals surface area contributed by atoms with Crippen LogP contribution in [0.15, 0.2) is 243 Å². The number of fused-ring (bicyclic) bond motifs is 2. The van der Waals surface area contributed by atoms with E-state index in [1.54, 1.807) is 0 Å². The molecule has 1 heterocycles. The standard InChI is InChI=1S/C13H12.C11H10.C10H9N.2C8H10.2C7H8.2CH4/c1-11-7-9-13(10-8-11)12-5-3-2-4-6-12;1-9-6-7-10-4-2-3-5-11(10)8-9;1-8-4-5-9-3-2-6-11-10(9)7-8;2*1-7-3-5-8(2)6-4-7;2*1-7-5-3-2-4-6-7;;/h2-10H,1H3;2-8H,1H3;2-7H,1H3;2*3-6H,1-2H3;2*2-6H,1H3;2*1H4. The average Bonchev–Trinajstić information content (AvgIpc) is 3.33. The lowest BCUT2D eigenvalue weighted by Crippen LogP contribution is -1.77. The summed E-state index contributed by atoms with van der Waals surface area (Å²) in [6.45, 7) is 18.9. The van der Waals surface area contributed by atoms with E-state index in [0.29, 0.717) is 0 Å². The molecule has 1 aromatic heterocycles. The molecule has 0 unspecified atom stereocenters. The molecule has 1 nitrogen and oxygen atoms in total. The summed E-state index contributed by atoms with van der Waals surface area (Å²) in [7, 11) is 0. The van der Waals surface area contributed by atoms with Crippen LogP contribution >= 0.6 is 0 Å². The molecule has 344 valence electrons. The Hall–Kier alpha value is -7.35. The van der Waals surface area contributed by atoms with Gasteiger partial charge in [-0.1, -0.05) is 284 Å². The number of aryl methyl sites for hydroxylation is 9. The topological polar surface area (TPSA) is 12.9 Å². The van der Waals surface area contributed by atoms with Crippen molar-refractivity contribution >= 4 is 21.7 Å². The molecule has 0 fully saturated rings. The zero-order valence-electron chi connectivity index (χ0n) is 40.0. The molecule has 0 N–H and O–H groups in total. The first kappa shape index (κ1) is 55.8. The van der Waals surface area contributed by atoms with Crippen molar-refractivity contribution in [3.63, 3.8) is 0 Å². The van der Waals surface area contributed by atoms with Crippen LogP contribution in [0.2, 0.25) is 0 Å². The third-order valence-electron chi connectivity index (χ3n) is 10.1. The zero-order chi connectivity index (χ0) is 46.7. The van der Waals surface area contributed by atoms with Crippen LogP contribution in [0.25, 0.3) is 32.8 Å². The summed E-state index contributed by atoms with van der Waals surface area (Å²) in [5, 5.41) is 3.85. The molecule has 0 radical (unpaired) electrons. The van der Waals surface area contributed by atoms with E-state index in [1.165, 1.54) is 77.4 Å². The van der Waals surface area contributed by atoms with Crippen LogP contribution in [-0.4, -0.2) is 4.98 Å². The second-order valence-electron chi connectivity index (χ2n) is 16.4. The molecule has 0 atom stereocenters. The largest absolute Gasteiger partial charge is 0.256 e. The van der Waals surface area contributed by atoms with Crippen molar-refractivity contribution in [1.82, 2.24) is 4.98 Å². The molecular weight excluding hydrogens is 807 g/mol. The van der Waals surface area contributed by atoms with E-state index in [9.17, 15) is 0 Å². The summed E-state index contributed by atoms with van der Waals surface area (Å²) < 4.78 is 0. The van der Waals surface area contributed by atoms with E-state index in [1.807, 2.05) is 54.7 Å². The summed E-state index contributed by atoms with van der Waals surface area (Å²) in [6, 6.07) is 81.7. The molecule has 0 saturated carbocycles. The first-order valence-corrected chi connectivity index (χ1v) is 22.4. The molecule has 1 heteroatoms. The van der Waals surface area contributed by atoms with Crippen molar-refractivity contribution in [3.05, 3.63) is 293 Å². The highest BCUT2D eigenvalue weighted by Crippen LogP contribution is 2.19. The molecule has 0 spiro atoms. The van der Waals surface area contributed by atoms with Crippen LogP contribution in [0.5, 0.6) is 0 Å². The van der Waals surface area contributed by atoms with Gasteiger partial charge in [-0.05, 0) is 102 Å². The van der Waals surface area contributed by atoms with Gasteiger partial charge >= 0.3 is 0 Å². The Labute approximate surface area is 405 Å². The Kier molecular flexibility index (Phi) is 26.2. The van der Waals surface area contributed by atoms with E-state index < -0.39 is 0 Å². The molecule has 0 aliphatic heterocycles. The van der Waals surface area contributed by atoms with Gasteiger partial charge in [0.25, 0.3) is 0 Å². The highest BCUT2D eigenvalue weighted by molar-refractivity contribution is 5.83. The second-order valence-corrected chi connectivity index (χ2v) is 16.4. The lowest BCUT2D eigenvalue weighted by Gasteiger charge is -2.00. The van der Waals surface area contributed by atoms with Crippen LogP contribution in [0.3, 0.4) is 0 Å². The van der Waals surface area contributed by atoms with Gasteiger partial charge in [-0.25, -0.2) is 0 Å². The van der Waals surface area contributed by atoms with Gasteiger partial charge in [0.15, 0.2) is 0 Å². The number of pyridine rings is 1. The summed E-state index contributed by atoms with van der Waals surface area (Å²) in [5.41, 5.74) is 15.5. The molecule has 0 amide bonds. The number of hydrogen-bond donors (Lipinski definition) is 0. The summed E-state index contributed by atoms with van der Waals surface area (Å²) in [5.74, 6) is 0. The summed E-state index contributed by atoms with van der Waals surface area (Å²) in [6.07, 6.45) is 1.82. The Morgan fingerprint density at radius 2 is 0.522 bits per heavy atom. The average molecular weight is 882 g/mol. The van der Waals surface area contributed by atoms with Gasteiger partial charge in [-0.15, -0.1) is 0 Å². The molecule has 0 saturated heterocycles. The van der Waals surface area contributed by atoms with Crippen molar-refractivity contribution in [2.45, 2.75) is 77.2 Å². The zero-order valence-corrected chi connectivity index (χ0v) is 40.0. The van der Waals surface area contributed by atoms with E-state index in [4.69, 9.17) is 0 Å². The van der Waals surface area contributed by atoms with E-state index >= 15 is 0 Å². The summed E-state index contributed by atoms with van der Waals surface area (Å²) >= 11 is 0. The van der Waals surface area contributed by atoms with Crippen LogP contribution in [0.1, 0.15) is 64.9 Å². The second kappa shape index (κ2) is 31.5. The van der Waals surface area contributed by atoms with Crippen LogP contribution in [-0.2, 0) is 0 Å². The van der Waals surface area contributed by atoms with Crippen molar-refractivity contribution in [1.29, 1.82) is 0 Å². The molecule has 9 aromatic carbocycles. The SMILES string of the molecule is C.C.Cc1ccc(-c2ccccc2)cc1.Cc1ccc(C)cc1.Cc1ccc(C)cc1.Cc1ccc2ccccc2c1.Cc1ccc2cccnc2c1.Cc1ccccc1.Cc1ccccc1. The van der Waals surface area contributed by atoms with E-state index in [0.717, 1.165) is 5.52 Å². The number of nitrogens with zero attached hydrogens (tertiary/aromatic N) is 1. The number of aromatic nitrogens is 1. The molecule has 10 rings (SSSR count). The first-order chi connectivity index (χ1) is 31.4. The van der Waals surface area contributed by atoms with Crippen molar-refractivity contribution < 1.29 is 0 Å². The predicted octanol–water partition coefficient (Wildman–Crippen LogP) is 19.2. The third kappa shape index (κ3) is 22.9. The van der Waals surface area contributed by atoms with Crippen LogP contribution < -0.4 is 0 Å². The quantitative estimate of drug-likeness (QED) is 0.160. The Morgan fingerprint density at radius 1 is 0.224 bits per heavy atom. The Morgan fingerprint density at radius 3 is 0.940 bits per heavy atom. The molecule has 10 aromatic rings. The number of benzene rings is 9. The van der Waals surface area contributed by atoms with Gasteiger partial charge in [0.1, 0.15) is 0 Å². The highest BCUT2D eigenvalue weighted by Gasteiger charge is 1.94. The van der Waals surface area contributed by atoms with E-state index in [2.05, 4.69) is 255 Å². The fourth-order valence-electron chi connectivity index (χ4n) is 6.20. The van der Waals surface area contributed by atoms with Gasteiger partial charge in [0.2, 0.25) is 0 Å². The van der Waals surface area contributed by atoms with Crippen molar-refractivity contribution in [2.24, 2.45) is 0 Å². The maximum absolute atomic E-state index is 4.24. The third-order valence-corrected chi connectivity index (χ3v) is 10.1. The molecule has 0 bridgehead atoms. The van der Waals surface area contributed by atoms with Gasteiger partial charge in [-0.2, -0.15) is 0 Å². The Balaban J connectivity index is 0.000000270. The normalized spacial score (nSPS) is 9.33. The number of hydrogen-bond acceptors (Lipinski definition) is 1. The van der Waals surface area contributed by atoms with Gasteiger partial charge in [0.05, 0.1) is 5.52 Å². The van der Waals surface area contributed by atoms with Crippen molar-refractivity contribution in [3.8, 4) is 11.1 Å². The minimum absolute atomic E-state index is 0.